The molecule has 0 unspecified atom stereocenters. The van der Waals surface area contributed by atoms with Gasteiger partial charge in [0, 0.05) is 0 Å². The number of carbonyl (C=O) groups excluding carboxylic acids is 2. The van der Waals surface area contributed by atoms with Crippen molar-refractivity contribution in [2.75, 3.05) is 13.2 Å². The molecule has 162 valence electrons. The van der Waals surface area contributed by atoms with Gasteiger partial charge < -0.3 is 9.47 Å². The predicted octanol–water partition coefficient (Wildman–Crippen LogP) is 2.82. The van der Waals surface area contributed by atoms with Gasteiger partial charge in [0.1, 0.15) is 12.6 Å². The van der Waals surface area contributed by atoms with Gasteiger partial charge in [-0.2, -0.15) is 4.72 Å². The van der Waals surface area contributed by atoms with Crippen molar-refractivity contribution in [3.05, 3.63) is 29.8 Å². The first-order chi connectivity index (χ1) is 13.6. The zero-order valence-electron chi connectivity index (χ0n) is 17.5. The van der Waals surface area contributed by atoms with Crippen LogP contribution < -0.4 is 4.72 Å². The van der Waals surface area contributed by atoms with Gasteiger partial charge in [0.25, 0.3) is 0 Å². The number of nitrogens with one attached hydrogen (secondary N) is 1. The molecule has 1 aromatic rings. The molecule has 8 heteroatoms. The van der Waals surface area contributed by atoms with E-state index in [0.29, 0.717) is 17.8 Å². The van der Waals surface area contributed by atoms with E-state index in [1.807, 2.05) is 6.92 Å². The van der Waals surface area contributed by atoms with Crippen LogP contribution in [0, 0.1) is 24.7 Å². The Bertz CT molecular complexity index is 803. The van der Waals surface area contributed by atoms with E-state index in [1.54, 1.807) is 12.1 Å². The molecule has 0 heterocycles. The molecule has 0 bridgehead atoms. The maximum atomic E-state index is 12.2. The van der Waals surface area contributed by atoms with Crippen LogP contribution in [0.1, 0.15) is 45.6 Å². The second kappa shape index (κ2) is 10.2. The van der Waals surface area contributed by atoms with Gasteiger partial charge in [-0.05, 0) is 49.7 Å². The van der Waals surface area contributed by atoms with Gasteiger partial charge in [-0.3, -0.25) is 4.79 Å². The molecule has 0 aromatic heterocycles. The molecular formula is C21H31NO6S. The molecule has 0 amide bonds. The van der Waals surface area contributed by atoms with E-state index in [4.69, 9.17) is 9.47 Å². The van der Waals surface area contributed by atoms with E-state index in [9.17, 15) is 18.0 Å². The van der Waals surface area contributed by atoms with E-state index < -0.39 is 35.1 Å². The number of hydrogen-bond donors (Lipinski definition) is 1. The number of rotatable bonds is 8. The topological polar surface area (TPSA) is 98.8 Å². The Kier molecular flexibility index (Phi) is 8.22. The van der Waals surface area contributed by atoms with E-state index in [1.165, 1.54) is 12.1 Å². The van der Waals surface area contributed by atoms with Crippen molar-refractivity contribution in [1.82, 2.24) is 4.72 Å². The number of sulfonamides is 1. The maximum absolute atomic E-state index is 12.2. The molecular weight excluding hydrogens is 394 g/mol. The van der Waals surface area contributed by atoms with Gasteiger partial charge in [0.05, 0.1) is 4.90 Å². The summed E-state index contributed by atoms with van der Waals surface area (Å²) in [5.74, 6) is -0.257. The smallest absolute Gasteiger partial charge is 0.344 e. The highest BCUT2D eigenvalue weighted by Gasteiger charge is 2.33. The second-order valence-electron chi connectivity index (χ2n) is 8.15. The molecule has 1 fully saturated rings. The fourth-order valence-corrected chi connectivity index (χ4v) is 4.57. The van der Waals surface area contributed by atoms with Crippen LogP contribution in [-0.4, -0.2) is 39.6 Å². The fourth-order valence-electron chi connectivity index (χ4n) is 3.60. The molecule has 2 rings (SSSR count). The highest BCUT2D eigenvalue weighted by molar-refractivity contribution is 7.89. The van der Waals surface area contributed by atoms with Crippen LogP contribution in [-0.2, 0) is 29.1 Å². The third kappa shape index (κ3) is 7.12. The SMILES string of the molecule is Cc1ccc(S(=O)(=O)NCC(=O)OCC(=O)O[C@H]2C[C@H](C)CC[C@H]2C(C)C)cc1. The number of ether oxygens (including phenoxy) is 2. The molecule has 7 nitrogen and oxygen atoms in total. The lowest BCUT2D eigenvalue weighted by atomic mass is 9.75. The summed E-state index contributed by atoms with van der Waals surface area (Å²) in [6.45, 7) is 7.12. The molecule has 29 heavy (non-hydrogen) atoms. The lowest BCUT2D eigenvalue weighted by Gasteiger charge is -2.36. The minimum atomic E-state index is -3.82. The number of carbonyl (C=O) groups is 2. The highest BCUT2D eigenvalue weighted by Crippen LogP contribution is 2.35. The molecule has 3 atom stereocenters. The second-order valence-corrected chi connectivity index (χ2v) is 9.92. The molecule has 1 saturated carbocycles. The van der Waals surface area contributed by atoms with Crippen molar-refractivity contribution in [1.29, 1.82) is 0 Å². The van der Waals surface area contributed by atoms with Crippen molar-refractivity contribution in [3.63, 3.8) is 0 Å². The Morgan fingerprint density at radius 2 is 1.79 bits per heavy atom. The van der Waals surface area contributed by atoms with Crippen molar-refractivity contribution in [2.24, 2.45) is 17.8 Å². The van der Waals surface area contributed by atoms with Crippen LogP contribution in [0.3, 0.4) is 0 Å². The average molecular weight is 426 g/mol. The van der Waals surface area contributed by atoms with Crippen LogP contribution in [0.5, 0.6) is 0 Å². The van der Waals surface area contributed by atoms with Crippen LogP contribution >= 0.6 is 0 Å². The predicted molar refractivity (Wildman–Crippen MR) is 109 cm³/mol. The number of aryl methyl sites for hydroxylation is 1. The summed E-state index contributed by atoms with van der Waals surface area (Å²) in [7, 11) is -3.82. The molecule has 1 aliphatic carbocycles. The van der Waals surface area contributed by atoms with Gasteiger partial charge in [0.2, 0.25) is 10.0 Å². The zero-order valence-corrected chi connectivity index (χ0v) is 18.3. The third-order valence-corrected chi connectivity index (χ3v) is 6.75. The summed E-state index contributed by atoms with van der Waals surface area (Å²) in [6.07, 6.45) is 2.76. The molecule has 0 aliphatic heterocycles. The maximum Gasteiger partial charge on any atom is 0.344 e. The van der Waals surface area contributed by atoms with Gasteiger partial charge in [-0.15, -0.1) is 0 Å². The van der Waals surface area contributed by atoms with E-state index in [0.717, 1.165) is 24.8 Å². The largest absolute Gasteiger partial charge is 0.460 e. The summed E-state index contributed by atoms with van der Waals surface area (Å²) in [6, 6.07) is 6.24. The first-order valence-corrected chi connectivity index (χ1v) is 11.5. The minimum Gasteiger partial charge on any atom is -0.460 e. The highest BCUT2D eigenvalue weighted by atomic mass is 32.2. The fraction of sp³-hybridized carbons (Fsp3) is 0.619. The van der Waals surface area contributed by atoms with Gasteiger partial charge in [-0.1, -0.05) is 44.9 Å². The van der Waals surface area contributed by atoms with Crippen molar-refractivity contribution in [3.8, 4) is 0 Å². The third-order valence-electron chi connectivity index (χ3n) is 5.33. The van der Waals surface area contributed by atoms with E-state index in [2.05, 4.69) is 25.5 Å². The molecule has 0 spiro atoms. The van der Waals surface area contributed by atoms with Crippen LogP contribution in [0.2, 0.25) is 0 Å². The standard InChI is InChI=1S/C21H31NO6S/c1-14(2)18-10-7-16(4)11-19(18)28-21(24)13-27-20(23)12-22-29(25,26)17-8-5-15(3)6-9-17/h5-6,8-9,14,16,18-19,22H,7,10-13H2,1-4H3/t16-,18+,19+/m1/s1. The van der Waals surface area contributed by atoms with E-state index in [-0.39, 0.29) is 11.0 Å². The number of esters is 2. The number of hydrogen-bond acceptors (Lipinski definition) is 6. The first-order valence-electron chi connectivity index (χ1n) is 10.00. The molecule has 0 radical (unpaired) electrons. The summed E-state index contributed by atoms with van der Waals surface area (Å²) >= 11 is 0. The normalized spacial score (nSPS) is 22.3. The van der Waals surface area contributed by atoms with Crippen molar-refractivity contribution in [2.45, 2.75) is 58.0 Å². The van der Waals surface area contributed by atoms with E-state index >= 15 is 0 Å². The first kappa shape index (κ1) is 23.3. The Labute approximate surface area is 173 Å². The lowest BCUT2D eigenvalue weighted by Crippen LogP contribution is -2.37. The summed E-state index contributed by atoms with van der Waals surface area (Å²) in [4.78, 5) is 24.0. The van der Waals surface area contributed by atoms with Gasteiger partial charge in [0.15, 0.2) is 6.61 Å². The van der Waals surface area contributed by atoms with Crippen LogP contribution in [0.4, 0.5) is 0 Å². The molecule has 1 N–H and O–H groups in total. The minimum absolute atomic E-state index is 0.0569. The molecule has 1 aromatic carbocycles. The van der Waals surface area contributed by atoms with Crippen LogP contribution in [0.15, 0.2) is 29.2 Å². The summed E-state index contributed by atoms with van der Waals surface area (Å²) in [5, 5.41) is 0. The number of benzene rings is 1. The Balaban J connectivity index is 1.79. The Morgan fingerprint density at radius 1 is 1.14 bits per heavy atom. The Morgan fingerprint density at radius 3 is 2.41 bits per heavy atom. The van der Waals surface area contributed by atoms with Crippen LogP contribution in [0.25, 0.3) is 0 Å². The molecule has 0 saturated heterocycles. The van der Waals surface area contributed by atoms with Crippen molar-refractivity contribution >= 4 is 22.0 Å². The zero-order chi connectivity index (χ0) is 21.6. The monoisotopic (exact) mass is 425 g/mol. The quantitative estimate of drug-likeness (QED) is 0.643. The lowest BCUT2D eigenvalue weighted by molar-refractivity contribution is -0.166. The van der Waals surface area contributed by atoms with Gasteiger partial charge in [-0.25, -0.2) is 13.2 Å². The Hall–Kier alpha value is -1.93. The summed E-state index contributed by atoms with van der Waals surface area (Å²) in [5.41, 5.74) is 0.925. The van der Waals surface area contributed by atoms with Gasteiger partial charge >= 0.3 is 11.9 Å². The van der Waals surface area contributed by atoms with Crippen molar-refractivity contribution < 1.29 is 27.5 Å². The summed E-state index contributed by atoms with van der Waals surface area (Å²) < 4.78 is 36.9. The molecule has 1 aliphatic rings. The average Bonchev–Trinajstić information content (AvgIpc) is 2.65.